The van der Waals surface area contributed by atoms with Crippen molar-refractivity contribution in [3.8, 4) is 5.69 Å². The summed E-state index contributed by atoms with van der Waals surface area (Å²) in [5.74, 6) is 1.15. The zero-order valence-electron chi connectivity index (χ0n) is 13.9. The minimum Gasteiger partial charge on any atom is -0.349 e. The van der Waals surface area contributed by atoms with E-state index in [4.69, 9.17) is 5.73 Å². The normalized spacial score (nSPS) is 29.6. The Hall–Kier alpha value is -2.14. The fraction of sp³-hybridized carbons (Fsp3) is 0.474. The number of hydrogen-bond acceptors (Lipinski definition) is 3. The highest BCUT2D eigenvalue weighted by Gasteiger charge is 2.49. The topological polar surface area (TPSA) is 72.9 Å². The Bertz CT molecular complexity index is 707. The maximum Gasteiger partial charge on any atom is 0.225 e. The molecule has 1 aromatic carbocycles. The fourth-order valence-electron chi connectivity index (χ4n) is 4.46. The Morgan fingerprint density at radius 3 is 2.67 bits per heavy atom. The first-order valence-electron chi connectivity index (χ1n) is 8.79. The number of carbonyl (C=O) groups is 1. The van der Waals surface area contributed by atoms with Crippen LogP contribution in [0.4, 0.5) is 0 Å². The number of benzene rings is 1. The molecule has 3 N–H and O–H groups in total. The number of hydrogen-bond donors (Lipinski definition) is 2. The first kappa shape index (κ1) is 15.4. The van der Waals surface area contributed by atoms with Crippen LogP contribution in [0.25, 0.3) is 5.69 Å². The molecular formula is C19H24N4O. The molecule has 1 aromatic heterocycles. The molecule has 2 aliphatic carbocycles. The van der Waals surface area contributed by atoms with E-state index in [2.05, 4.69) is 10.4 Å². The molecule has 5 unspecified atom stereocenters. The molecule has 24 heavy (non-hydrogen) atoms. The second kappa shape index (κ2) is 6.06. The van der Waals surface area contributed by atoms with Crippen molar-refractivity contribution in [2.24, 2.45) is 23.5 Å². The third-order valence-corrected chi connectivity index (χ3v) is 5.80. The highest BCUT2D eigenvalue weighted by atomic mass is 16.2. The summed E-state index contributed by atoms with van der Waals surface area (Å²) in [4.78, 5) is 12.7. The van der Waals surface area contributed by atoms with Crippen molar-refractivity contribution in [1.29, 1.82) is 0 Å². The van der Waals surface area contributed by atoms with Crippen LogP contribution in [0.1, 0.15) is 37.8 Å². The molecule has 5 atom stereocenters. The molecule has 4 rings (SSSR count). The van der Waals surface area contributed by atoms with Crippen LogP contribution in [-0.4, -0.2) is 21.7 Å². The summed E-state index contributed by atoms with van der Waals surface area (Å²) in [6.45, 7) is 2.03. The quantitative estimate of drug-likeness (QED) is 0.907. The number of amides is 1. The summed E-state index contributed by atoms with van der Waals surface area (Å²) in [6, 6.07) is 10.1. The molecule has 2 bridgehead atoms. The van der Waals surface area contributed by atoms with Gasteiger partial charge in [-0.25, -0.2) is 4.68 Å². The van der Waals surface area contributed by atoms with Gasteiger partial charge < -0.3 is 11.1 Å². The highest BCUT2D eigenvalue weighted by molar-refractivity contribution is 5.80. The monoisotopic (exact) mass is 324 g/mol. The van der Waals surface area contributed by atoms with Crippen molar-refractivity contribution in [2.45, 2.75) is 38.3 Å². The number of nitrogens with two attached hydrogens (primary N) is 1. The van der Waals surface area contributed by atoms with Crippen molar-refractivity contribution < 1.29 is 4.79 Å². The molecule has 5 heteroatoms. The lowest BCUT2D eigenvalue weighted by atomic mass is 9.84. The number of aromatic nitrogens is 2. The van der Waals surface area contributed by atoms with Crippen LogP contribution in [0.15, 0.2) is 42.7 Å². The van der Waals surface area contributed by atoms with Gasteiger partial charge in [-0.05, 0) is 61.8 Å². The van der Waals surface area contributed by atoms with Gasteiger partial charge in [0, 0.05) is 18.4 Å². The van der Waals surface area contributed by atoms with E-state index < -0.39 is 0 Å². The Labute approximate surface area is 142 Å². The summed E-state index contributed by atoms with van der Waals surface area (Å²) < 4.78 is 1.82. The predicted molar refractivity (Wildman–Crippen MR) is 92.4 cm³/mol. The van der Waals surface area contributed by atoms with Gasteiger partial charge in [0.05, 0.1) is 17.6 Å². The summed E-state index contributed by atoms with van der Waals surface area (Å²) in [6.07, 6.45) is 7.15. The van der Waals surface area contributed by atoms with Crippen LogP contribution in [-0.2, 0) is 4.79 Å². The summed E-state index contributed by atoms with van der Waals surface area (Å²) in [7, 11) is 0. The van der Waals surface area contributed by atoms with Gasteiger partial charge in [0.2, 0.25) is 5.91 Å². The number of nitrogens with zero attached hydrogens (tertiary/aromatic N) is 2. The van der Waals surface area contributed by atoms with E-state index in [1.807, 2.05) is 48.1 Å². The molecular weight excluding hydrogens is 300 g/mol. The molecule has 0 radical (unpaired) electrons. The van der Waals surface area contributed by atoms with Gasteiger partial charge in [-0.1, -0.05) is 12.1 Å². The summed E-state index contributed by atoms with van der Waals surface area (Å²) >= 11 is 0. The largest absolute Gasteiger partial charge is 0.349 e. The van der Waals surface area contributed by atoms with Crippen LogP contribution in [0.3, 0.4) is 0 Å². The van der Waals surface area contributed by atoms with Gasteiger partial charge >= 0.3 is 0 Å². The zero-order valence-corrected chi connectivity index (χ0v) is 13.9. The van der Waals surface area contributed by atoms with Gasteiger partial charge in [0.1, 0.15) is 0 Å². The molecule has 2 aromatic rings. The summed E-state index contributed by atoms with van der Waals surface area (Å²) in [5, 5.41) is 7.39. The molecule has 0 spiro atoms. The molecule has 1 heterocycles. The van der Waals surface area contributed by atoms with Crippen LogP contribution in [0.2, 0.25) is 0 Å². The van der Waals surface area contributed by atoms with E-state index in [0.717, 1.165) is 24.1 Å². The molecule has 2 fully saturated rings. The van der Waals surface area contributed by atoms with Gasteiger partial charge in [-0.2, -0.15) is 5.10 Å². The van der Waals surface area contributed by atoms with Crippen LogP contribution < -0.4 is 11.1 Å². The number of fused-ring (bicyclic) bond motifs is 2. The highest BCUT2D eigenvalue weighted by Crippen LogP contribution is 2.47. The average molecular weight is 324 g/mol. The molecule has 126 valence electrons. The molecule has 0 aliphatic heterocycles. The third-order valence-electron chi connectivity index (χ3n) is 5.80. The second-order valence-corrected chi connectivity index (χ2v) is 7.21. The average Bonchev–Trinajstić information content (AvgIpc) is 3.32. The molecule has 2 aliphatic rings. The lowest BCUT2D eigenvalue weighted by Crippen LogP contribution is -2.45. The zero-order chi connectivity index (χ0) is 16.7. The number of nitrogens with one attached hydrogen (secondary N) is 1. The SMILES string of the molecule is CC(NC(=O)C1C2CCC(C2)C1N)c1ccc(-n2cccn2)cc1. The lowest BCUT2D eigenvalue weighted by Gasteiger charge is -2.28. The van der Waals surface area contributed by atoms with Gasteiger partial charge in [0.15, 0.2) is 0 Å². The van der Waals surface area contributed by atoms with Gasteiger partial charge in [0.25, 0.3) is 0 Å². The van der Waals surface area contributed by atoms with Crippen molar-refractivity contribution in [2.75, 3.05) is 0 Å². The van der Waals surface area contributed by atoms with Gasteiger partial charge in [-0.3, -0.25) is 4.79 Å². The Morgan fingerprint density at radius 1 is 1.29 bits per heavy atom. The first-order valence-corrected chi connectivity index (χ1v) is 8.79. The number of carbonyl (C=O) groups excluding carboxylic acids is 1. The van der Waals surface area contributed by atoms with Crippen molar-refractivity contribution >= 4 is 5.91 Å². The molecule has 5 nitrogen and oxygen atoms in total. The van der Waals surface area contributed by atoms with Crippen molar-refractivity contribution in [3.05, 3.63) is 48.3 Å². The predicted octanol–water partition coefficient (Wildman–Crippen LogP) is 2.42. The first-order chi connectivity index (χ1) is 11.6. The van der Waals surface area contributed by atoms with E-state index in [9.17, 15) is 4.79 Å². The standard InChI is InChI=1S/C19H24N4O/c1-12(13-5-7-16(8-6-13)23-10-2-9-21-23)22-19(24)17-14-3-4-15(11-14)18(17)20/h2,5-10,12,14-15,17-18H,3-4,11,20H2,1H3,(H,22,24). The Kier molecular flexibility index (Phi) is 3.88. The van der Waals surface area contributed by atoms with E-state index in [-0.39, 0.29) is 23.9 Å². The molecule has 0 saturated heterocycles. The minimum absolute atomic E-state index is 0.00505. The molecule has 2 saturated carbocycles. The Balaban J connectivity index is 1.42. The fourth-order valence-corrected chi connectivity index (χ4v) is 4.46. The van der Waals surface area contributed by atoms with Crippen molar-refractivity contribution in [1.82, 2.24) is 15.1 Å². The summed E-state index contributed by atoms with van der Waals surface area (Å²) in [5.41, 5.74) is 8.39. The Morgan fingerprint density at radius 2 is 2.04 bits per heavy atom. The second-order valence-electron chi connectivity index (χ2n) is 7.21. The smallest absolute Gasteiger partial charge is 0.225 e. The third kappa shape index (κ3) is 2.63. The lowest BCUT2D eigenvalue weighted by molar-refractivity contribution is -0.127. The van der Waals surface area contributed by atoms with Crippen LogP contribution >= 0.6 is 0 Å². The van der Waals surface area contributed by atoms with E-state index >= 15 is 0 Å². The van der Waals surface area contributed by atoms with Crippen LogP contribution in [0, 0.1) is 17.8 Å². The van der Waals surface area contributed by atoms with Crippen molar-refractivity contribution in [3.63, 3.8) is 0 Å². The van der Waals surface area contributed by atoms with E-state index in [0.29, 0.717) is 11.8 Å². The van der Waals surface area contributed by atoms with Crippen LogP contribution in [0.5, 0.6) is 0 Å². The number of rotatable bonds is 4. The maximum absolute atomic E-state index is 12.7. The van der Waals surface area contributed by atoms with E-state index in [1.54, 1.807) is 6.20 Å². The molecule has 1 amide bonds. The van der Waals surface area contributed by atoms with E-state index in [1.165, 1.54) is 6.42 Å². The maximum atomic E-state index is 12.7. The van der Waals surface area contributed by atoms with Gasteiger partial charge in [-0.15, -0.1) is 0 Å². The minimum atomic E-state index is -0.0181.